The molecule has 2 saturated carbocycles. The van der Waals surface area contributed by atoms with E-state index in [0.717, 1.165) is 38.5 Å². The summed E-state index contributed by atoms with van der Waals surface area (Å²) in [6.07, 6.45) is 7.34. The van der Waals surface area contributed by atoms with Crippen molar-refractivity contribution < 1.29 is 28.5 Å². The molecule has 2 aliphatic carbocycles. The van der Waals surface area contributed by atoms with Gasteiger partial charge in [0.25, 0.3) is 0 Å². The van der Waals surface area contributed by atoms with Gasteiger partial charge in [0, 0.05) is 50.6 Å². The molecular formula is C28H46N2O6. The Kier molecular flexibility index (Phi) is 7.20. The number of rotatable bonds is 0. The highest BCUT2D eigenvalue weighted by Crippen LogP contribution is 2.51. The normalized spacial score (nSPS) is 38.0. The van der Waals surface area contributed by atoms with Gasteiger partial charge < -0.3 is 29.6 Å². The van der Waals surface area contributed by atoms with Crippen molar-refractivity contribution in [3.8, 4) is 0 Å². The molecule has 3 heterocycles. The van der Waals surface area contributed by atoms with Gasteiger partial charge in [-0.05, 0) is 48.3 Å². The number of carbonyl (C=O) groups is 2. The van der Waals surface area contributed by atoms with Crippen LogP contribution in [0.2, 0.25) is 0 Å². The number of hydrogen-bond donors (Lipinski definition) is 2. The van der Waals surface area contributed by atoms with E-state index in [9.17, 15) is 9.59 Å². The Morgan fingerprint density at radius 3 is 1.33 bits per heavy atom. The number of ether oxygens (including phenoxy) is 4. The minimum atomic E-state index is -0.609. The molecule has 2 spiro atoms. The Balaban J connectivity index is 1.37. The first-order chi connectivity index (χ1) is 17.0. The summed E-state index contributed by atoms with van der Waals surface area (Å²) in [5.41, 5.74) is -0.211. The number of hydrogen-bond acceptors (Lipinski definition) is 6. The Labute approximate surface area is 215 Å². The zero-order valence-electron chi connectivity index (χ0n) is 22.7. The fraction of sp³-hybridized carbons (Fsp3) is 0.929. The topological polar surface area (TPSA) is 95.1 Å². The molecule has 3 saturated heterocycles. The zero-order chi connectivity index (χ0) is 25.6. The summed E-state index contributed by atoms with van der Waals surface area (Å²) >= 11 is 0. The van der Waals surface area contributed by atoms with E-state index in [1.54, 1.807) is 0 Å². The average molecular weight is 507 g/mol. The van der Waals surface area contributed by atoms with Crippen molar-refractivity contribution in [3.05, 3.63) is 0 Å². The van der Waals surface area contributed by atoms with Crippen LogP contribution in [0.15, 0.2) is 0 Å². The van der Waals surface area contributed by atoms with Crippen LogP contribution < -0.4 is 10.6 Å². The van der Waals surface area contributed by atoms with Crippen LogP contribution in [0.3, 0.4) is 0 Å². The van der Waals surface area contributed by atoms with Gasteiger partial charge in [0.1, 0.15) is 0 Å². The van der Waals surface area contributed by atoms with Gasteiger partial charge in [0.15, 0.2) is 11.6 Å². The zero-order valence-corrected chi connectivity index (χ0v) is 22.7. The van der Waals surface area contributed by atoms with Gasteiger partial charge in [0.05, 0.1) is 26.4 Å². The van der Waals surface area contributed by atoms with E-state index >= 15 is 0 Å². The van der Waals surface area contributed by atoms with Crippen LogP contribution in [0.5, 0.6) is 0 Å². The molecule has 0 aromatic heterocycles. The predicted molar refractivity (Wildman–Crippen MR) is 134 cm³/mol. The standard InChI is InChI=1S/C28H46N2O6/c1-25(2)19-7-5-9-24(32)30-22-18-28(35-13-14-36-28)16-20(26(22,3)4)8-6-10-23(31)29-21(25)17-27(15-19)33-11-12-34-27/h19-22H,5-18H2,1-4H3,(H,29,31)(H,30,32)/t19-,20-,21-,22-/m1/s1. The van der Waals surface area contributed by atoms with Gasteiger partial charge in [-0.25, -0.2) is 0 Å². The molecule has 3 aliphatic heterocycles. The Hall–Kier alpha value is -1.22. The minimum absolute atomic E-state index is 0.0253. The van der Waals surface area contributed by atoms with Crippen molar-refractivity contribution in [1.29, 1.82) is 0 Å². The highest BCUT2D eigenvalue weighted by Gasteiger charge is 2.55. The molecular weight excluding hydrogens is 460 g/mol. The minimum Gasteiger partial charge on any atom is -0.353 e. The van der Waals surface area contributed by atoms with E-state index in [0.29, 0.717) is 52.1 Å². The molecule has 4 bridgehead atoms. The molecule has 0 unspecified atom stereocenters. The molecule has 8 nitrogen and oxygen atoms in total. The van der Waals surface area contributed by atoms with E-state index in [-0.39, 0.29) is 46.6 Å². The first-order valence-corrected chi connectivity index (χ1v) is 14.2. The summed E-state index contributed by atoms with van der Waals surface area (Å²) in [5.74, 6) is -0.430. The maximum absolute atomic E-state index is 13.2. The third-order valence-electron chi connectivity index (χ3n) is 10.3. The second kappa shape index (κ2) is 9.83. The van der Waals surface area contributed by atoms with Crippen LogP contribution in [0.1, 0.15) is 91.9 Å². The summed E-state index contributed by atoms with van der Waals surface area (Å²) in [4.78, 5) is 26.4. The molecule has 2 N–H and O–H groups in total. The highest BCUT2D eigenvalue weighted by molar-refractivity contribution is 5.76. The largest absolute Gasteiger partial charge is 0.353 e. The molecule has 4 atom stereocenters. The van der Waals surface area contributed by atoms with E-state index in [2.05, 4.69) is 38.3 Å². The SMILES string of the molecule is CC1(C)[C@@H]2CCCC(=O)N[C@@H]3CC4(C[C@@H](CCCC(=O)N[C@@H]1CC1(C2)OCCO1)C3(C)C)OCCO4. The first kappa shape index (κ1) is 26.4. The molecule has 8 heteroatoms. The molecule has 36 heavy (non-hydrogen) atoms. The summed E-state index contributed by atoms with van der Waals surface area (Å²) in [6, 6.07) is -0.0507. The van der Waals surface area contributed by atoms with Crippen molar-refractivity contribution in [2.75, 3.05) is 26.4 Å². The van der Waals surface area contributed by atoms with E-state index < -0.39 is 11.6 Å². The molecule has 5 fully saturated rings. The maximum atomic E-state index is 13.2. The van der Waals surface area contributed by atoms with E-state index in [1.807, 2.05) is 0 Å². The number of carbonyl (C=O) groups excluding carboxylic acids is 2. The quantitative estimate of drug-likeness (QED) is 0.521. The molecule has 0 aromatic carbocycles. The Morgan fingerprint density at radius 1 is 0.611 bits per heavy atom. The van der Waals surface area contributed by atoms with Crippen LogP contribution in [-0.4, -0.2) is 61.9 Å². The summed E-state index contributed by atoms with van der Waals surface area (Å²) in [5, 5.41) is 6.76. The van der Waals surface area contributed by atoms with Crippen molar-refractivity contribution in [3.63, 3.8) is 0 Å². The summed E-state index contributed by atoms with van der Waals surface area (Å²) in [6.45, 7) is 11.4. The average Bonchev–Trinajstić information content (AvgIpc) is 3.45. The Morgan fingerprint density at radius 2 is 0.972 bits per heavy atom. The van der Waals surface area contributed by atoms with Gasteiger partial charge in [-0.2, -0.15) is 0 Å². The molecule has 204 valence electrons. The van der Waals surface area contributed by atoms with Crippen molar-refractivity contribution >= 4 is 11.8 Å². The maximum Gasteiger partial charge on any atom is 0.220 e. The number of nitrogens with one attached hydrogen (secondary N) is 2. The lowest BCUT2D eigenvalue weighted by Gasteiger charge is -2.52. The third kappa shape index (κ3) is 5.07. The van der Waals surface area contributed by atoms with Gasteiger partial charge in [-0.3, -0.25) is 9.59 Å². The predicted octanol–water partition coefficient (Wildman–Crippen LogP) is 3.67. The molecule has 5 rings (SSSR count). The third-order valence-corrected chi connectivity index (χ3v) is 10.3. The van der Waals surface area contributed by atoms with Crippen molar-refractivity contribution in [2.45, 2.75) is 116 Å². The van der Waals surface area contributed by atoms with Crippen LogP contribution in [0.25, 0.3) is 0 Å². The second-order valence-electron chi connectivity index (χ2n) is 13.1. The molecule has 5 aliphatic rings. The highest BCUT2D eigenvalue weighted by atomic mass is 16.7. The van der Waals surface area contributed by atoms with Gasteiger partial charge in [0.2, 0.25) is 11.8 Å². The lowest BCUT2D eigenvalue weighted by molar-refractivity contribution is -0.214. The lowest BCUT2D eigenvalue weighted by Crippen LogP contribution is -2.59. The van der Waals surface area contributed by atoms with E-state index in [4.69, 9.17) is 18.9 Å². The van der Waals surface area contributed by atoms with Gasteiger partial charge >= 0.3 is 0 Å². The van der Waals surface area contributed by atoms with Crippen molar-refractivity contribution in [1.82, 2.24) is 10.6 Å². The lowest BCUT2D eigenvalue weighted by atomic mass is 9.61. The number of amides is 2. The molecule has 0 aromatic rings. The molecule has 2 amide bonds. The van der Waals surface area contributed by atoms with Crippen LogP contribution in [0, 0.1) is 22.7 Å². The van der Waals surface area contributed by atoms with Gasteiger partial charge in [-0.1, -0.05) is 27.7 Å². The fourth-order valence-electron chi connectivity index (χ4n) is 7.60. The van der Waals surface area contributed by atoms with Gasteiger partial charge in [-0.15, -0.1) is 0 Å². The monoisotopic (exact) mass is 506 g/mol. The van der Waals surface area contributed by atoms with Crippen LogP contribution in [0.4, 0.5) is 0 Å². The van der Waals surface area contributed by atoms with Crippen LogP contribution in [-0.2, 0) is 28.5 Å². The van der Waals surface area contributed by atoms with Crippen LogP contribution >= 0.6 is 0 Å². The van der Waals surface area contributed by atoms with Crippen molar-refractivity contribution in [2.24, 2.45) is 22.7 Å². The Bertz CT molecular complexity index is 762. The second-order valence-corrected chi connectivity index (χ2v) is 13.1. The summed E-state index contributed by atoms with van der Waals surface area (Å²) in [7, 11) is 0. The molecule has 0 radical (unpaired) electrons. The first-order valence-electron chi connectivity index (χ1n) is 14.2. The fourth-order valence-corrected chi connectivity index (χ4v) is 7.60. The smallest absolute Gasteiger partial charge is 0.220 e. The number of fused-ring (bicyclic) bond motifs is 4. The van der Waals surface area contributed by atoms with E-state index in [1.165, 1.54) is 0 Å². The summed E-state index contributed by atoms with van der Waals surface area (Å²) < 4.78 is 24.5.